The molecule has 30 heavy (non-hydrogen) atoms. The molecule has 9 heteroatoms. The van der Waals surface area contributed by atoms with Gasteiger partial charge in [0, 0.05) is 24.8 Å². The van der Waals surface area contributed by atoms with E-state index < -0.39 is 0 Å². The summed E-state index contributed by atoms with van der Waals surface area (Å²) in [7, 11) is 0. The van der Waals surface area contributed by atoms with Gasteiger partial charge in [0.25, 0.3) is 5.56 Å². The number of benzene rings is 1. The summed E-state index contributed by atoms with van der Waals surface area (Å²) in [5.41, 5.74) is 2.13. The van der Waals surface area contributed by atoms with Gasteiger partial charge in [-0.3, -0.25) is 14.2 Å². The van der Waals surface area contributed by atoms with Crippen molar-refractivity contribution in [3.63, 3.8) is 0 Å². The summed E-state index contributed by atoms with van der Waals surface area (Å²) in [5.74, 6) is 0.0209. The SMILES string of the molecule is CCN(CC)c1nc2nc(SCC(=O)Nc3ccccc3C)n(C(C)C)c(=O)c2s1. The zero-order valence-electron chi connectivity index (χ0n) is 17.9. The van der Waals surface area contributed by atoms with Crippen LogP contribution in [-0.4, -0.2) is 39.3 Å². The van der Waals surface area contributed by atoms with Crippen LogP contribution in [0, 0.1) is 6.92 Å². The number of thiazole rings is 1. The Morgan fingerprint density at radius 3 is 2.57 bits per heavy atom. The van der Waals surface area contributed by atoms with Gasteiger partial charge in [-0.1, -0.05) is 41.3 Å². The van der Waals surface area contributed by atoms with Crippen LogP contribution in [-0.2, 0) is 4.79 Å². The summed E-state index contributed by atoms with van der Waals surface area (Å²) in [6, 6.07) is 7.56. The summed E-state index contributed by atoms with van der Waals surface area (Å²) in [6.45, 7) is 11.6. The normalized spacial score (nSPS) is 11.3. The molecular formula is C21H27N5O2S2. The van der Waals surface area contributed by atoms with Crippen LogP contribution in [0.2, 0.25) is 0 Å². The highest BCUT2D eigenvalue weighted by molar-refractivity contribution is 7.99. The fourth-order valence-corrected chi connectivity index (χ4v) is 5.06. The minimum Gasteiger partial charge on any atom is -0.349 e. The van der Waals surface area contributed by atoms with Crippen molar-refractivity contribution in [2.75, 3.05) is 29.1 Å². The summed E-state index contributed by atoms with van der Waals surface area (Å²) in [4.78, 5) is 37.0. The minimum absolute atomic E-state index is 0.0738. The third-order valence-corrected chi connectivity index (χ3v) is 6.77. The van der Waals surface area contributed by atoms with Gasteiger partial charge in [0.05, 0.1) is 5.75 Å². The summed E-state index contributed by atoms with van der Waals surface area (Å²) in [5, 5.41) is 4.23. The maximum Gasteiger partial charge on any atom is 0.274 e. The van der Waals surface area contributed by atoms with Crippen molar-refractivity contribution in [3.05, 3.63) is 40.2 Å². The quantitative estimate of drug-likeness (QED) is 0.411. The Kier molecular flexibility index (Phi) is 7.14. The second-order valence-corrected chi connectivity index (χ2v) is 9.06. The maximum atomic E-state index is 13.1. The van der Waals surface area contributed by atoms with Gasteiger partial charge in [0.15, 0.2) is 15.9 Å². The number of aromatic nitrogens is 3. The molecule has 2 aromatic heterocycles. The number of nitrogens with zero attached hydrogens (tertiary/aromatic N) is 4. The van der Waals surface area contributed by atoms with Crippen molar-refractivity contribution in [1.82, 2.24) is 14.5 Å². The van der Waals surface area contributed by atoms with Gasteiger partial charge >= 0.3 is 0 Å². The molecule has 0 saturated heterocycles. The summed E-state index contributed by atoms with van der Waals surface area (Å²) >= 11 is 2.64. The average molecular weight is 446 g/mol. The van der Waals surface area contributed by atoms with Crippen molar-refractivity contribution < 1.29 is 4.79 Å². The lowest BCUT2D eigenvalue weighted by Crippen LogP contribution is -2.25. The highest BCUT2D eigenvalue weighted by Crippen LogP contribution is 2.28. The topological polar surface area (TPSA) is 80.1 Å². The standard InChI is InChI=1S/C21H27N5O2S2/c1-6-25(7-2)20-23-18-17(30-20)19(28)26(13(3)4)21(24-18)29-12-16(27)22-15-11-9-8-10-14(15)5/h8-11,13H,6-7,12H2,1-5H3,(H,22,27). The zero-order valence-corrected chi connectivity index (χ0v) is 19.6. The monoisotopic (exact) mass is 445 g/mol. The zero-order chi connectivity index (χ0) is 21.8. The Balaban J connectivity index is 1.88. The molecule has 0 spiro atoms. The Hall–Kier alpha value is -2.39. The number of para-hydroxylation sites is 1. The predicted molar refractivity (Wildman–Crippen MR) is 126 cm³/mol. The molecule has 1 amide bonds. The molecule has 0 radical (unpaired) electrons. The Morgan fingerprint density at radius 2 is 1.93 bits per heavy atom. The van der Waals surface area contributed by atoms with E-state index in [-0.39, 0.29) is 23.3 Å². The summed E-state index contributed by atoms with van der Waals surface area (Å²) in [6.07, 6.45) is 0. The van der Waals surface area contributed by atoms with E-state index in [4.69, 9.17) is 0 Å². The molecule has 0 bridgehead atoms. The Bertz CT molecular complexity index is 1100. The fraction of sp³-hybridized carbons (Fsp3) is 0.429. The van der Waals surface area contributed by atoms with Crippen LogP contribution < -0.4 is 15.8 Å². The second-order valence-electron chi connectivity index (χ2n) is 7.14. The van der Waals surface area contributed by atoms with Crippen molar-refractivity contribution in [1.29, 1.82) is 0 Å². The minimum atomic E-state index is -0.138. The first-order valence-electron chi connectivity index (χ1n) is 10.0. The van der Waals surface area contributed by atoms with E-state index in [9.17, 15) is 9.59 Å². The van der Waals surface area contributed by atoms with Crippen molar-refractivity contribution >= 4 is 50.2 Å². The van der Waals surface area contributed by atoms with Crippen LogP contribution in [0.25, 0.3) is 10.3 Å². The van der Waals surface area contributed by atoms with Gasteiger partial charge in [0.1, 0.15) is 4.70 Å². The lowest BCUT2D eigenvalue weighted by atomic mass is 10.2. The molecule has 3 rings (SSSR count). The molecule has 0 saturated carbocycles. The number of thioether (sulfide) groups is 1. The van der Waals surface area contributed by atoms with Gasteiger partial charge in [-0.2, -0.15) is 4.98 Å². The second kappa shape index (κ2) is 9.61. The Labute approximate surface area is 184 Å². The highest BCUT2D eigenvalue weighted by atomic mass is 32.2. The Morgan fingerprint density at radius 1 is 1.23 bits per heavy atom. The van der Waals surface area contributed by atoms with Crippen LogP contribution in [0.3, 0.4) is 0 Å². The summed E-state index contributed by atoms with van der Waals surface area (Å²) < 4.78 is 2.21. The lowest BCUT2D eigenvalue weighted by Gasteiger charge is -2.15. The van der Waals surface area contributed by atoms with Crippen LogP contribution >= 0.6 is 23.1 Å². The third-order valence-electron chi connectivity index (χ3n) is 4.72. The number of hydrogen-bond acceptors (Lipinski definition) is 7. The van der Waals surface area contributed by atoms with E-state index in [0.29, 0.717) is 15.5 Å². The van der Waals surface area contributed by atoms with E-state index >= 15 is 0 Å². The first-order valence-corrected chi connectivity index (χ1v) is 11.8. The molecule has 0 aliphatic rings. The highest BCUT2D eigenvalue weighted by Gasteiger charge is 2.20. The fourth-order valence-electron chi connectivity index (χ4n) is 3.07. The maximum absolute atomic E-state index is 13.1. The number of hydrogen-bond donors (Lipinski definition) is 1. The van der Waals surface area contributed by atoms with Crippen LogP contribution in [0.1, 0.15) is 39.3 Å². The van der Waals surface area contributed by atoms with Gasteiger partial charge in [-0.15, -0.1) is 0 Å². The van der Waals surface area contributed by atoms with Crippen molar-refractivity contribution in [3.8, 4) is 0 Å². The molecule has 1 N–H and O–H groups in total. The van der Waals surface area contributed by atoms with Gasteiger partial charge in [-0.25, -0.2) is 4.98 Å². The van der Waals surface area contributed by atoms with Crippen LogP contribution in [0.5, 0.6) is 0 Å². The predicted octanol–water partition coefficient (Wildman–Crippen LogP) is 4.32. The molecule has 0 atom stereocenters. The number of carbonyl (C=O) groups excluding carboxylic acids is 1. The average Bonchev–Trinajstić information content (AvgIpc) is 3.13. The smallest absolute Gasteiger partial charge is 0.274 e. The van der Waals surface area contributed by atoms with Crippen molar-refractivity contribution in [2.45, 2.75) is 45.8 Å². The largest absolute Gasteiger partial charge is 0.349 e. The number of nitrogens with one attached hydrogen (secondary N) is 1. The van der Waals surface area contributed by atoms with Gasteiger partial charge in [-0.05, 0) is 46.2 Å². The molecule has 2 heterocycles. The number of rotatable bonds is 8. The number of aryl methyl sites for hydroxylation is 1. The van der Waals surface area contributed by atoms with E-state index in [1.54, 1.807) is 4.57 Å². The van der Waals surface area contributed by atoms with E-state index in [1.165, 1.54) is 23.1 Å². The molecule has 0 fully saturated rings. The molecule has 3 aromatic rings. The number of amides is 1. The number of fused-ring (bicyclic) bond motifs is 1. The first kappa shape index (κ1) is 22.3. The third kappa shape index (κ3) is 4.67. The lowest BCUT2D eigenvalue weighted by molar-refractivity contribution is -0.113. The molecule has 0 unspecified atom stereocenters. The van der Waals surface area contributed by atoms with Gasteiger partial charge in [0.2, 0.25) is 5.91 Å². The van der Waals surface area contributed by atoms with Crippen LogP contribution in [0.4, 0.5) is 10.8 Å². The molecule has 7 nitrogen and oxygen atoms in total. The van der Waals surface area contributed by atoms with E-state index in [1.807, 2.05) is 45.0 Å². The molecule has 0 aliphatic carbocycles. The molecule has 0 aliphatic heterocycles. The molecular weight excluding hydrogens is 418 g/mol. The molecule has 1 aromatic carbocycles. The van der Waals surface area contributed by atoms with Crippen LogP contribution in [0.15, 0.2) is 34.2 Å². The van der Waals surface area contributed by atoms with E-state index in [2.05, 4.69) is 34.0 Å². The number of carbonyl (C=O) groups is 1. The number of anilines is 2. The first-order chi connectivity index (χ1) is 14.3. The van der Waals surface area contributed by atoms with Gasteiger partial charge < -0.3 is 10.2 Å². The van der Waals surface area contributed by atoms with E-state index in [0.717, 1.165) is 29.5 Å². The molecule has 160 valence electrons. The van der Waals surface area contributed by atoms with Crippen molar-refractivity contribution in [2.24, 2.45) is 0 Å².